The lowest BCUT2D eigenvalue weighted by molar-refractivity contribution is -0.141. The van der Waals surface area contributed by atoms with Crippen LogP contribution in [0.25, 0.3) is 0 Å². The second-order valence-corrected chi connectivity index (χ2v) is 4.65. The minimum absolute atomic E-state index is 0.147. The molecular formula is C13H15F2N3O3. The molecule has 1 atom stereocenters. The van der Waals surface area contributed by atoms with Gasteiger partial charge >= 0.3 is 11.8 Å². The number of benzene rings is 1. The molecule has 0 fully saturated rings. The number of fused-ring (bicyclic) bond motifs is 1. The van der Waals surface area contributed by atoms with E-state index in [1.54, 1.807) is 6.92 Å². The van der Waals surface area contributed by atoms with Gasteiger partial charge < -0.3 is 21.1 Å². The Morgan fingerprint density at radius 2 is 2.19 bits per heavy atom. The number of likely N-dealkylation sites (N-methyl/N-ethyl adjacent to an activating group) is 1. The molecular weight excluding hydrogens is 284 g/mol. The maximum atomic E-state index is 13.9. The molecule has 0 unspecified atom stereocenters. The number of halogens is 2. The molecule has 0 saturated carbocycles. The molecule has 2 rings (SSSR count). The summed E-state index contributed by atoms with van der Waals surface area (Å²) in [7, 11) is 0. The highest BCUT2D eigenvalue weighted by Crippen LogP contribution is 2.45. The molecule has 4 N–H and O–H groups in total. The van der Waals surface area contributed by atoms with Crippen LogP contribution >= 0.6 is 0 Å². The minimum atomic E-state index is -3.58. The van der Waals surface area contributed by atoms with E-state index in [4.69, 9.17) is 5.73 Å². The fraction of sp³-hybridized carbons (Fsp3) is 0.385. The molecule has 0 saturated heterocycles. The number of aliphatic hydroxyl groups is 1. The minimum Gasteiger partial charge on any atom is -0.382 e. The van der Waals surface area contributed by atoms with Crippen molar-refractivity contribution in [3.05, 3.63) is 23.8 Å². The Labute approximate surface area is 119 Å². The largest absolute Gasteiger partial charge is 0.382 e. The molecule has 1 aromatic rings. The monoisotopic (exact) mass is 299 g/mol. The van der Waals surface area contributed by atoms with Crippen molar-refractivity contribution < 1.29 is 23.5 Å². The third-order valence-electron chi connectivity index (χ3n) is 3.28. The second kappa shape index (κ2) is 5.28. The van der Waals surface area contributed by atoms with Crippen LogP contribution in [0.1, 0.15) is 12.5 Å². The van der Waals surface area contributed by atoms with Crippen LogP contribution in [0.3, 0.4) is 0 Å². The first-order valence-corrected chi connectivity index (χ1v) is 6.34. The Morgan fingerprint density at radius 1 is 1.52 bits per heavy atom. The summed E-state index contributed by atoms with van der Waals surface area (Å²) in [6.45, 7) is 1.55. The topological polar surface area (TPSA) is 95.7 Å². The summed E-state index contributed by atoms with van der Waals surface area (Å²) in [4.78, 5) is 23.3. The van der Waals surface area contributed by atoms with E-state index < -0.39 is 29.4 Å². The predicted molar refractivity (Wildman–Crippen MR) is 72.1 cm³/mol. The third kappa shape index (κ3) is 2.54. The summed E-state index contributed by atoms with van der Waals surface area (Å²) in [6, 6.07) is 4.02. The van der Waals surface area contributed by atoms with Gasteiger partial charge in [0, 0.05) is 18.8 Å². The van der Waals surface area contributed by atoms with E-state index in [1.807, 2.05) is 0 Å². The Balaban J connectivity index is 2.26. The van der Waals surface area contributed by atoms with Crippen LogP contribution in [0.15, 0.2) is 18.2 Å². The fourth-order valence-electron chi connectivity index (χ4n) is 2.16. The molecule has 0 bridgehead atoms. The standard InChI is InChI=1S/C13H15F2N3O3/c1-2-18-9-4-3-7(17-6-10(19)11(16)20)5-8(9)13(14,15)12(18)21/h3-5,10,17,19H,2,6H2,1H3,(H2,16,20)/t10-/m1/s1. The molecule has 1 aliphatic heterocycles. The van der Waals surface area contributed by atoms with Crippen LogP contribution in [-0.2, 0) is 15.5 Å². The average Bonchev–Trinajstić information content (AvgIpc) is 2.63. The quantitative estimate of drug-likeness (QED) is 0.733. The number of nitrogens with two attached hydrogens (primary N) is 1. The number of hydrogen-bond donors (Lipinski definition) is 3. The van der Waals surface area contributed by atoms with Crippen LogP contribution in [-0.4, -0.2) is 36.1 Å². The Kier molecular flexibility index (Phi) is 3.82. The fourth-order valence-corrected chi connectivity index (χ4v) is 2.16. The molecule has 6 nitrogen and oxygen atoms in total. The number of anilines is 2. The number of aliphatic hydroxyl groups excluding tert-OH is 1. The van der Waals surface area contributed by atoms with Crippen molar-refractivity contribution in [1.29, 1.82) is 0 Å². The van der Waals surface area contributed by atoms with Crippen LogP contribution in [0.4, 0.5) is 20.2 Å². The van der Waals surface area contributed by atoms with Gasteiger partial charge in [-0.1, -0.05) is 0 Å². The van der Waals surface area contributed by atoms with Gasteiger partial charge in [0.2, 0.25) is 5.91 Å². The molecule has 2 amide bonds. The summed E-state index contributed by atoms with van der Waals surface area (Å²) in [5.74, 6) is -5.75. The molecule has 0 aliphatic carbocycles. The van der Waals surface area contributed by atoms with E-state index in [0.29, 0.717) is 0 Å². The number of carbonyl (C=O) groups is 2. The number of alkyl halides is 2. The number of nitrogens with zero attached hydrogens (tertiary/aromatic N) is 1. The van der Waals surface area contributed by atoms with Crippen molar-refractivity contribution in [2.24, 2.45) is 5.73 Å². The first-order chi connectivity index (χ1) is 9.78. The van der Waals surface area contributed by atoms with Gasteiger partial charge in [-0.05, 0) is 25.1 Å². The van der Waals surface area contributed by atoms with Gasteiger partial charge in [-0.25, -0.2) is 0 Å². The summed E-state index contributed by atoms with van der Waals surface area (Å²) in [5, 5.41) is 11.9. The number of amides is 2. The molecule has 1 aliphatic rings. The maximum Gasteiger partial charge on any atom is 0.352 e. The van der Waals surface area contributed by atoms with E-state index in [9.17, 15) is 23.5 Å². The lowest BCUT2D eigenvalue weighted by Crippen LogP contribution is -2.34. The summed E-state index contributed by atoms with van der Waals surface area (Å²) < 4.78 is 27.9. The Bertz CT molecular complexity index is 592. The smallest absolute Gasteiger partial charge is 0.352 e. The first-order valence-electron chi connectivity index (χ1n) is 6.34. The van der Waals surface area contributed by atoms with Crippen molar-refractivity contribution in [1.82, 2.24) is 0 Å². The molecule has 0 aromatic heterocycles. The average molecular weight is 299 g/mol. The van der Waals surface area contributed by atoms with E-state index in [0.717, 1.165) is 11.0 Å². The van der Waals surface area contributed by atoms with Gasteiger partial charge in [0.25, 0.3) is 0 Å². The lowest BCUT2D eigenvalue weighted by atomic mass is 10.1. The molecule has 21 heavy (non-hydrogen) atoms. The summed E-state index contributed by atoms with van der Waals surface area (Å²) in [6.07, 6.45) is -1.42. The zero-order valence-corrected chi connectivity index (χ0v) is 11.3. The van der Waals surface area contributed by atoms with Gasteiger partial charge in [-0.15, -0.1) is 0 Å². The van der Waals surface area contributed by atoms with Gasteiger partial charge in [0.1, 0.15) is 6.10 Å². The number of carbonyl (C=O) groups excluding carboxylic acids is 2. The highest BCUT2D eigenvalue weighted by Gasteiger charge is 2.52. The van der Waals surface area contributed by atoms with E-state index in [-0.39, 0.29) is 24.5 Å². The van der Waals surface area contributed by atoms with Crippen LogP contribution in [0.2, 0.25) is 0 Å². The van der Waals surface area contributed by atoms with Crippen molar-refractivity contribution >= 4 is 23.2 Å². The van der Waals surface area contributed by atoms with Crippen LogP contribution < -0.4 is 16.0 Å². The van der Waals surface area contributed by atoms with Gasteiger partial charge in [0.05, 0.1) is 11.3 Å². The zero-order valence-electron chi connectivity index (χ0n) is 11.3. The van der Waals surface area contributed by atoms with Gasteiger partial charge in [-0.2, -0.15) is 8.78 Å². The molecule has 0 radical (unpaired) electrons. The van der Waals surface area contributed by atoms with Gasteiger partial charge in [-0.3, -0.25) is 9.59 Å². The molecule has 1 heterocycles. The lowest BCUT2D eigenvalue weighted by Gasteiger charge is -2.14. The highest BCUT2D eigenvalue weighted by atomic mass is 19.3. The van der Waals surface area contributed by atoms with Crippen molar-refractivity contribution in [3.63, 3.8) is 0 Å². The van der Waals surface area contributed by atoms with Crippen molar-refractivity contribution in [3.8, 4) is 0 Å². The third-order valence-corrected chi connectivity index (χ3v) is 3.28. The summed E-state index contributed by atoms with van der Waals surface area (Å²) in [5.41, 5.74) is 4.92. The summed E-state index contributed by atoms with van der Waals surface area (Å²) >= 11 is 0. The van der Waals surface area contributed by atoms with Crippen molar-refractivity contribution in [2.45, 2.75) is 19.0 Å². The van der Waals surface area contributed by atoms with E-state index in [2.05, 4.69) is 5.32 Å². The number of nitrogens with one attached hydrogen (secondary N) is 1. The van der Waals surface area contributed by atoms with Crippen LogP contribution in [0.5, 0.6) is 0 Å². The molecule has 0 spiro atoms. The highest BCUT2D eigenvalue weighted by molar-refractivity contribution is 6.06. The zero-order chi connectivity index (χ0) is 15.8. The van der Waals surface area contributed by atoms with Crippen molar-refractivity contribution in [2.75, 3.05) is 23.3 Å². The maximum absolute atomic E-state index is 13.9. The normalized spacial score (nSPS) is 17.5. The number of primary amides is 1. The van der Waals surface area contributed by atoms with E-state index in [1.165, 1.54) is 12.1 Å². The molecule has 114 valence electrons. The number of rotatable bonds is 5. The first kappa shape index (κ1) is 15.2. The number of hydrogen-bond acceptors (Lipinski definition) is 4. The Hall–Kier alpha value is -2.22. The van der Waals surface area contributed by atoms with Gasteiger partial charge in [0.15, 0.2) is 0 Å². The Morgan fingerprint density at radius 3 is 2.76 bits per heavy atom. The molecule has 1 aromatic carbocycles. The van der Waals surface area contributed by atoms with Crippen LogP contribution in [0, 0.1) is 0 Å². The second-order valence-electron chi connectivity index (χ2n) is 4.65. The predicted octanol–water partition coefficient (Wildman–Crippen LogP) is 0.403. The SMILES string of the molecule is CCN1C(=O)C(F)(F)c2cc(NC[C@@H](O)C(N)=O)ccc21. The van der Waals surface area contributed by atoms with E-state index >= 15 is 0 Å². The molecule has 8 heteroatoms.